The van der Waals surface area contributed by atoms with E-state index >= 15 is 0 Å². The topological polar surface area (TPSA) is 55.1 Å². The molecule has 0 unspecified atom stereocenters. The fourth-order valence-electron chi connectivity index (χ4n) is 1.62. The standard InChI is InChI=1S/C11H12N2O2/c1-2-4-13-5-3-8-6-9(11(14)15)7-12-10(8)13/h3,5-7H,2,4H2,1H3,(H,14,15). The van der Waals surface area contributed by atoms with E-state index in [1.165, 1.54) is 6.20 Å². The van der Waals surface area contributed by atoms with Gasteiger partial charge in [0.15, 0.2) is 0 Å². The number of pyridine rings is 1. The maximum Gasteiger partial charge on any atom is 0.337 e. The zero-order chi connectivity index (χ0) is 10.8. The van der Waals surface area contributed by atoms with Crippen LogP contribution in [0.3, 0.4) is 0 Å². The van der Waals surface area contributed by atoms with Crippen molar-refractivity contribution in [3.63, 3.8) is 0 Å². The predicted molar refractivity (Wildman–Crippen MR) is 57.0 cm³/mol. The van der Waals surface area contributed by atoms with Crippen molar-refractivity contribution in [2.45, 2.75) is 19.9 Å². The third kappa shape index (κ3) is 1.70. The minimum Gasteiger partial charge on any atom is -0.478 e. The van der Waals surface area contributed by atoms with Crippen molar-refractivity contribution in [2.75, 3.05) is 0 Å². The second kappa shape index (κ2) is 3.73. The van der Waals surface area contributed by atoms with Crippen LogP contribution in [0.15, 0.2) is 24.5 Å². The van der Waals surface area contributed by atoms with Crippen molar-refractivity contribution >= 4 is 17.0 Å². The highest BCUT2D eigenvalue weighted by atomic mass is 16.4. The van der Waals surface area contributed by atoms with Crippen molar-refractivity contribution in [3.8, 4) is 0 Å². The molecular weight excluding hydrogens is 192 g/mol. The van der Waals surface area contributed by atoms with Crippen LogP contribution >= 0.6 is 0 Å². The predicted octanol–water partition coefficient (Wildman–Crippen LogP) is 2.14. The van der Waals surface area contributed by atoms with Crippen LogP contribution < -0.4 is 0 Å². The number of nitrogens with zero attached hydrogens (tertiary/aromatic N) is 2. The molecule has 2 aromatic rings. The van der Waals surface area contributed by atoms with Gasteiger partial charge in [-0.05, 0) is 18.6 Å². The summed E-state index contributed by atoms with van der Waals surface area (Å²) in [5.41, 5.74) is 1.08. The molecule has 0 saturated carbocycles. The van der Waals surface area contributed by atoms with Crippen LogP contribution in [-0.2, 0) is 6.54 Å². The molecule has 0 bridgehead atoms. The molecule has 0 aliphatic carbocycles. The van der Waals surface area contributed by atoms with E-state index in [0.717, 1.165) is 24.0 Å². The number of hydrogen-bond donors (Lipinski definition) is 1. The Bertz CT molecular complexity index is 502. The molecule has 2 rings (SSSR count). The lowest BCUT2D eigenvalue weighted by atomic mass is 10.2. The van der Waals surface area contributed by atoms with Crippen molar-refractivity contribution in [1.82, 2.24) is 9.55 Å². The maximum atomic E-state index is 10.7. The van der Waals surface area contributed by atoms with Crippen LogP contribution in [0, 0.1) is 0 Å². The first-order valence-electron chi connectivity index (χ1n) is 4.90. The molecule has 0 fully saturated rings. The molecule has 0 aliphatic heterocycles. The van der Waals surface area contributed by atoms with E-state index in [0.29, 0.717) is 0 Å². The van der Waals surface area contributed by atoms with E-state index in [4.69, 9.17) is 5.11 Å². The monoisotopic (exact) mass is 204 g/mol. The first-order valence-corrected chi connectivity index (χ1v) is 4.90. The smallest absolute Gasteiger partial charge is 0.337 e. The van der Waals surface area contributed by atoms with Gasteiger partial charge in [0.2, 0.25) is 0 Å². The summed E-state index contributed by atoms with van der Waals surface area (Å²) in [6.07, 6.45) is 4.37. The lowest BCUT2D eigenvalue weighted by Crippen LogP contribution is -1.99. The first kappa shape index (κ1) is 9.71. The third-order valence-corrected chi connectivity index (χ3v) is 2.31. The number of aryl methyl sites for hydroxylation is 1. The summed E-state index contributed by atoms with van der Waals surface area (Å²) in [4.78, 5) is 14.9. The second-order valence-electron chi connectivity index (χ2n) is 3.45. The summed E-state index contributed by atoms with van der Waals surface area (Å²) < 4.78 is 2.03. The van der Waals surface area contributed by atoms with Crippen LogP contribution in [-0.4, -0.2) is 20.6 Å². The maximum absolute atomic E-state index is 10.7. The summed E-state index contributed by atoms with van der Waals surface area (Å²) >= 11 is 0. The molecule has 2 aromatic heterocycles. The van der Waals surface area contributed by atoms with Gasteiger partial charge in [0.25, 0.3) is 0 Å². The van der Waals surface area contributed by atoms with Crippen molar-refractivity contribution in [1.29, 1.82) is 0 Å². The fraction of sp³-hybridized carbons (Fsp3) is 0.273. The molecule has 15 heavy (non-hydrogen) atoms. The Labute approximate surface area is 87.2 Å². The Morgan fingerprint density at radius 1 is 1.60 bits per heavy atom. The molecule has 4 nitrogen and oxygen atoms in total. The zero-order valence-electron chi connectivity index (χ0n) is 8.47. The van der Waals surface area contributed by atoms with Gasteiger partial charge in [-0.1, -0.05) is 6.92 Å². The summed E-state index contributed by atoms with van der Waals surface area (Å²) in [5.74, 6) is -0.937. The average Bonchev–Trinajstić information content (AvgIpc) is 2.61. The van der Waals surface area contributed by atoms with Gasteiger partial charge in [-0.2, -0.15) is 0 Å². The highest BCUT2D eigenvalue weighted by Crippen LogP contribution is 2.15. The van der Waals surface area contributed by atoms with Crippen LogP contribution in [0.25, 0.3) is 11.0 Å². The van der Waals surface area contributed by atoms with Gasteiger partial charge < -0.3 is 9.67 Å². The summed E-state index contributed by atoms with van der Waals surface area (Å²) in [6.45, 7) is 3.00. The van der Waals surface area contributed by atoms with Crippen molar-refractivity contribution in [2.24, 2.45) is 0 Å². The number of aromatic carboxylic acids is 1. The van der Waals surface area contributed by atoms with E-state index in [2.05, 4.69) is 11.9 Å². The van der Waals surface area contributed by atoms with Crippen molar-refractivity contribution < 1.29 is 9.90 Å². The Hall–Kier alpha value is -1.84. The largest absolute Gasteiger partial charge is 0.478 e. The third-order valence-electron chi connectivity index (χ3n) is 2.31. The summed E-state index contributed by atoms with van der Waals surface area (Å²) in [6, 6.07) is 3.54. The van der Waals surface area contributed by atoms with E-state index in [9.17, 15) is 4.79 Å². The van der Waals surface area contributed by atoms with Gasteiger partial charge in [-0.3, -0.25) is 0 Å². The van der Waals surface area contributed by atoms with Crippen LogP contribution in [0.5, 0.6) is 0 Å². The lowest BCUT2D eigenvalue weighted by molar-refractivity contribution is 0.0696. The number of aromatic nitrogens is 2. The van der Waals surface area contributed by atoms with Gasteiger partial charge in [0.1, 0.15) is 5.65 Å². The van der Waals surface area contributed by atoms with Gasteiger partial charge >= 0.3 is 5.97 Å². The molecule has 0 amide bonds. The second-order valence-corrected chi connectivity index (χ2v) is 3.45. The normalized spacial score (nSPS) is 10.7. The van der Waals surface area contributed by atoms with E-state index in [1.807, 2.05) is 16.8 Å². The van der Waals surface area contributed by atoms with Gasteiger partial charge in [0, 0.05) is 24.3 Å². The minimum atomic E-state index is -0.937. The molecule has 0 aliphatic rings. The number of fused-ring (bicyclic) bond motifs is 1. The quantitative estimate of drug-likeness (QED) is 0.833. The highest BCUT2D eigenvalue weighted by molar-refractivity contribution is 5.91. The molecule has 0 spiro atoms. The molecule has 2 heterocycles. The Morgan fingerprint density at radius 2 is 2.40 bits per heavy atom. The average molecular weight is 204 g/mol. The number of rotatable bonds is 3. The number of carboxylic acid groups (broad SMARTS) is 1. The van der Waals surface area contributed by atoms with E-state index in [-0.39, 0.29) is 5.56 Å². The molecule has 4 heteroatoms. The first-order chi connectivity index (χ1) is 7.22. The van der Waals surface area contributed by atoms with E-state index < -0.39 is 5.97 Å². The molecule has 0 saturated heterocycles. The molecule has 1 N–H and O–H groups in total. The number of carbonyl (C=O) groups is 1. The molecule has 78 valence electrons. The Kier molecular flexibility index (Phi) is 2.41. The molecule has 0 aromatic carbocycles. The van der Waals surface area contributed by atoms with Gasteiger partial charge in [-0.15, -0.1) is 0 Å². The minimum absolute atomic E-state index is 0.233. The number of hydrogen-bond acceptors (Lipinski definition) is 2. The zero-order valence-corrected chi connectivity index (χ0v) is 8.47. The van der Waals surface area contributed by atoms with Crippen molar-refractivity contribution in [3.05, 3.63) is 30.1 Å². The van der Waals surface area contributed by atoms with Gasteiger partial charge in [0.05, 0.1) is 5.56 Å². The Balaban J connectivity index is 2.51. The molecular formula is C11H12N2O2. The summed E-state index contributed by atoms with van der Waals surface area (Å²) in [7, 11) is 0. The molecule has 0 radical (unpaired) electrons. The lowest BCUT2D eigenvalue weighted by Gasteiger charge is -2.01. The number of carboxylic acids is 1. The fourth-order valence-corrected chi connectivity index (χ4v) is 1.62. The summed E-state index contributed by atoms with van der Waals surface area (Å²) in [5, 5.41) is 9.69. The highest BCUT2D eigenvalue weighted by Gasteiger charge is 2.07. The van der Waals surface area contributed by atoms with Crippen LogP contribution in [0.4, 0.5) is 0 Å². The SMILES string of the molecule is CCCn1ccc2cc(C(=O)O)cnc21. The van der Waals surface area contributed by atoms with Crippen LogP contribution in [0.2, 0.25) is 0 Å². The Morgan fingerprint density at radius 3 is 3.07 bits per heavy atom. The van der Waals surface area contributed by atoms with E-state index in [1.54, 1.807) is 6.07 Å². The molecule has 0 atom stereocenters. The van der Waals surface area contributed by atoms with Crippen LogP contribution in [0.1, 0.15) is 23.7 Å². The van der Waals surface area contributed by atoms with Gasteiger partial charge in [-0.25, -0.2) is 9.78 Å².